The number of H-pyrrole nitrogens is 1. The molecule has 2 aromatic rings. The molecule has 5 nitrogen and oxygen atoms in total. The van der Waals surface area contributed by atoms with Crippen LogP contribution >= 0.6 is 0 Å². The first-order chi connectivity index (χ1) is 10.8. The zero-order chi connectivity index (χ0) is 15.1. The number of hydrogen-bond acceptors (Lipinski definition) is 4. The van der Waals surface area contributed by atoms with Crippen molar-refractivity contribution in [3.63, 3.8) is 0 Å². The molecule has 1 aromatic carbocycles. The van der Waals surface area contributed by atoms with Crippen LogP contribution in [0.2, 0.25) is 0 Å². The molecule has 1 atom stereocenters. The first-order valence-electron chi connectivity index (χ1n) is 7.41. The third-order valence-electron chi connectivity index (χ3n) is 4.37. The second kappa shape index (κ2) is 4.92. The van der Waals surface area contributed by atoms with Crippen molar-refractivity contribution in [2.24, 2.45) is 5.92 Å². The van der Waals surface area contributed by atoms with Crippen LogP contribution in [-0.2, 0) is 0 Å². The van der Waals surface area contributed by atoms with Crippen molar-refractivity contribution >= 4 is 5.82 Å². The van der Waals surface area contributed by atoms with Crippen molar-refractivity contribution in [3.8, 4) is 11.8 Å². The minimum Gasteiger partial charge on any atom is -0.496 e. The maximum atomic E-state index is 9.78. The number of rotatable bonds is 3. The predicted molar refractivity (Wildman–Crippen MR) is 82.4 cm³/mol. The molecule has 5 heteroatoms. The number of fused-ring (bicyclic) bond motifs is 1. The zero-order valence-corrected chi connectivity index (χ0v) is 12.3. The third kappa shape index (κ3) is 1.88. The number of anilines is 1. The van der Waals surface area contributed by atoms with E-state index in [1.807, 2.05) is 24.3 Å². The Kier molecular flexibility index (Phi) is 2.90. The van der Waals surface area contributed by atoms with Crippen LogP contribution in [0.4, 0.5) is 5.82 Å². The van der Waals surface area contributed by atoms with Crippen molar-refractivity contribution in [2.45, 2.75) is 18.8 Å². The summed E-state index contributed by atoms with van der Waals surface area (Å²) in [5.41, 5.74) is 3.81. The maximum Gasteiger partial charge on any atom is 0.129 e. The van der Waals surface area contributed by atoms with Gasteiger partial charge < -0.3 is 10.1 Å². The number of methoxy groups -OCH3 is 1. The Morgan fingerprint density at radius 1 is 1.27 bits per heavy atom. The highest BCUT2D eigenvalue weighted by molar-refractivity contribution is 5.66. The van der Waals surface area contributed by atoms with E-state index in [9.17, 15) is 5.26 Å². The van der Waals surface area contributed by atoms with Crippen molar-refractivity contribution < 1.29 is 4.74 Å². The fourth-order valence-corrected chi connectivity index (χ4v) is 3.17. The van der Waals surface area contributed by atoms with Gasteiger partial charge in [-0.15, -0.1) is 0 Å². The fourth-order valence-electron chi connectivity index (χ4n) is 3.17. The summed E-state index contributed by atoms with van der Waals surface area (Å²) >= 11 is 0. The lowest BCUT2D eigenvalue weighted by Gasteiger charge is -2.27. The maximum absolute atomic E-state index is 9.78. The first-order valence-corrected chi connectivity index (χ1v) is 7.41. The smallest absolute Gasteiger partial charge is 0.129 e. The number of ether oxygens (including phenoxy) is 1. The van der Waals surface area contributed by atoms with Gasteiger partial charge in [0.2, 0.25) is 0 Å². The molecule has 1 fully saturated rings. The summed E-state index contributed by atoms with van der Waals surface area (Å²) in [4.78, 5) is 0. The lowest BCUT2D eigenvalue weighted by Crippen LogP contribution is -2.19. The van der Waals surface area contributed by atoms with E-state index in [4.69, 9.17) is 4.74 Å². The molecule has 110 valence electrons. The number of nitrogens with one attached hydrogen (secondary N) is 2. The molecule has 0 amide bonds. The molecule has 4 rings (SSSR count). The van der Waals surface area contributed by atoms with Gasteiger partial charge in [-0.1, -0.05) is 18.2 Å². The average Bonchev–Trinajstić information content (AvgIpc) is 3.31. The van der Waals surface area contributed by atoms with Crippen LogP contribution in [0.25, 0.3) is 0 Å². The van der Waals surface area contributed by atoms with Crippen LogP contribution in [0.15, 0.2) is 41.7 Å². The molecule has 1 aliphatic carbocycles. The second-order valence-corrected chi connectivity index (χ2v) is 5.71. The number of hydrogen-bond donors (Lipinski definition) is 2. The monoisotopic (exact) mass is 292 g/mol. The fraction of sp³-hybridized carbons (Fsp3) is 0.294. The van der Waals surface area contributed by atoms with E-state index in [-0.39, 0.29) is 5.92 Å². The first kappa shape index (κ1) is 13.0. The SMILES string of the molecule is COc1ccccc1C1C(C#N)=C(C2CC2)Nc2[nH]ncc21. The molecule has 0 bridgehead atoms. The normalized spacial score (nSPS) is 20.1. The number of nitrogens with zero attached hydrogens (tertiary/aromatic N) is 2. The van der Waals surface area contributed by atoms with E-state index in [0.29, 0.717) is 5.92 Å². The minimum atomic E-state index is -0.133. The van der Waals surface area contributed by atoms with Gasteiger partial charge in [0.05, 0.1) is 30.9 Å². The zero-order valence-electron chi connectivity index (χ0n) is 12.3. The van der Waals surface area contributed by atoms with Gasteiger partial charge in [-0.2, -0.15) is 10.4 Å². The van der Waals surface area contributed by atoms with Crippen LogP contribution in [0, 0.1) is 17.2 Å². The predicted octanol–water partition coefficient (Wildman–Crippen LogP) is 3.16. The Balaban J connectivity index is 1.93. The topological polar surface area (TPSA) is 73.7 Å². The summed E-state index contributed by atoms with van der Waals surface area (Å²) in [5.74, 6) is 2.01. The van der Waals surface area contributed by atoms with Gasteiger partial charge in [-0.25, -0.2) is 0 Å². The molecule has 1 saturated carbocycles. The van der Waals surface area contributed by atoms with Crippen LogP contribution in [0.3, 0.4) is 0 Å². The number of benzene rings is 1. The highest BCUT2D eigenvalue weighted by Gasteiger charge is 2.38. The van der Waals surface area contributed by atoms with Crippen molar-refractivity contribution in [1.29, 1.82) is 5.26 Å². The van der Waals surface area contributed by atoms with E-state index in [2.05, 4.69) is 21.6 Å². The Labute approximate surface area is 128 Å². The van der Waals surface area contributed by atoms with Gasteiger partial charge in [-0.3, -0.25) is 5.10 Å². The van der Waals surface area contributed by atoms with Gasteiger partial charge in [0, 0.05) is 22.7 Å². The second-order valence-electron chi connectivity index (χ2n) is 5.71. The molecule has 1 unspecified atom stereocenters. The Morgan fingerprint density at radius 3 is 2.82 bits per heavy atom. The lowest BCUT2D eigenvalue weighted by atomic mass is 9.82. The summed E-state index contributed by atoms with van der Waals surface area (Å²) in [5, 5.41) is 20.3. The molecule has 1 aromatic heterocycles. The van der Waals surface area contributed by atoms with Crippen LogP contribution in [0.5, 0.6) is 5.75 Å². The van der Waals surface area contributed by atoms with Gasteiger partial charge in [0.1, 0.15) is 11.6 Å². The summed E-state index contributed by atoms with van der Waals surface area (Å²) in [6.07, 6.45) is 4.06. The molecule has 2 aliphatic rings. The Hall–Kier alpha value is -2.74. The molecule has 2 N–H and O–H groups in total. The van der Waals surface area contributed by atoms with Crippen molar-refractivity contribution in [3.05, 3.63) is 52.9 Å². The van der Waals surface area contributed by atoms with Crippen LogP contribution in [-0.4, -0.2) is 17.3 Å². The quantitative estimate of drug-likeness (QED) is 0.911. The molecule has 2 heterocycles. The number of allylic oxidation sites excluding steroid dienone is 2. The van der Waals surface area contributed by atoms with Crippen molar-refractivity contribution in [1.82, 2.24) is 10.2 Å². The minimum absolute atomic E-state index is 0.133. The van der Waals surface area contributed by atoms with E-state index >= 15 is 0 Å². The van der Waals surface area contributed by atoms with Crippen molar-refractivity contribution in [2.75, 3.05) is 12.4 Å². The number of aromatic amines is 1. The number of para-hydroxylation sites is 1. The number of aromatic nitrogens is 2. The summed E-state index contributed by atoms with van der Waals surface area (Å²) in [7, 11) is 1.66. The van der Waals surface area contributed by atoms with Crippen LogP contribution in [0.1, 0.15) is 29.9 Å². The number of nitriles is 1. The van der Waals surface area contributed by atoms with Gasteiger partial charge in [0.25, 0.3) is 0 Å². The van der Waals surface area contributed by atoms with E-state index in [1.54, 1.807) is 13.3 Å². The highest BCUT2D eigenvalue weighted by atomic mass is 16.5. The summed E-state index contributed by atoms with van der Waals surface area (Å²) < 4.78 is 5.51. The lowest BCUT2D eigenvalue weighted by molar-refractivity contribution is 0.409. The molecule has 1 aliphatic heterocycles. The van der Waals surface area contributed by atoms with Crippen LogP contribution < -0.4 is 10.1 Å². The summed E-state index contributed by atoms with van der Waals surface area (Å²) in [6, 6.07) is 10.3. The molecule has 0 saturated heterocycles. The van der Waals surface area contributed by atoms with Gasteiger partial charge in [0.15, 0.2) is 0 Å². The Morgan fingerprint density at radius 2 is 2.09 bits per heavy atom. The largest absolute Gasteiger partial charge is 0.496 e. The molecule has 0 spiro atoms. The molecular weight excluding hydrogens is 276 g/mol. The Bertz CT molecular complexity index is 795. The van der Waals surface area contributed by atoms with E-state index < -0.39 is 0 Å². The van der Waals surface area contributed by atoms with E-state index in [1.165, 1.54) is 0 Å². The van der Waals surface area contributed by atoms with E-state index in [0.717, 1.165) is 46.8 Å². The highest BCUT2D eigenvalue weighted by Crippen LogP contribution is 2.48. The summed E-state index contributed by atoms with van der Waals surface area (Å²) in [6.45, 7) is 0. The van der Waals surface area contributed by atoms with Gasteiger partial charge in [-0.05, 0) is 18.9 Å². The average molecular weight is 292 g/mol. The standard InChI is InChI=1S/C17H16N4O/c1-22-14-5-3-2-4-11(14)15-12(8-18)16(10-6-7-10)20-17-13(15)9-19-21-17/h2-5,9-10,15H,6-7H2,1H3,(H2,19,20,21). The third-order valence-corrected chi connectivity index (χ3v) is 4.37. The van der Waals surface area contributed by atoms with Gasteiger partial charge >= 0.3 is 0 Å². The molecule has 22 heavy (non-hydrogen) atoms. The molecule has 0 radical (unpaired) electrons. The molecular formula is C17H16N4O.